The van der Waals surface area contributed by atoms with Gasteiger partial charge in [0.15, 0.2) is 0 Å². The number of hydrogen-bond acceptors (Lipinski definition) is 5. The molecule has 0 heterocycles. The molecule has 3 aromatic carbocycles. The van der Waals surface area contributed by atoms with Crippen molar-refractivity contribution in [3.8, 4) is 5.75 Å². The molecule has 0 saturated carbocycles. The lowest BCUT2D eigenvalue weighted by molar-refractivity contribution is -0.132. The predicted molar refractivity (Wildman–Crippen MR) is 177 cm³/mol. The van der Waals surface area contributed by atoms with Crippen molar-refractivity contribution in [3.05, 3.63) is 98.4 Å². The van der Waals surface area contributed by atoms with Crippen LogP contribution in [0.4, 0.5) is 0 Å². The van der Waals surface area contributed by atoms with Gasteiger partial charge in [0.1, 0.15) is 17.8 Å². The zero-order valence-electron chi connectivity index (χ0n) is 24.2. The number of carbonyl (C=O) groups excluding carboxylic acids is 3. The standard InChI is InChI=1S/C33H40Br2N4O4/c34-26-20-25(21-27(35)31(26)41)22-29(38-30(40)16-9-14-23-10-3-1-4-11-23)33(43)39-28(15-7-8-18-36)32(42)37-19-17-24-12-5-2-6-13-24/h1-6,10-13,20-21,28-29,41H,7-9,14-19,22,36H2,(H,37,42)(H,38,40)(H,39,43)/t28-,29+/m0/s1. The minimum Gasteiger partial charge on any atom is -0.506 e. The minimum absolute atomic E-state index is 0.0434. The van der Waals surface area contributed by atoms with Crippen LogP contribution in [0.1, 0.15) is 48.8 Å². The van der Waals surface area contributed by atoms with Gasteiger partial charge in [-0.15, -0.1) is 0 Å². The summed E-state index contributed by atoms with van der Waals surface area (Å²) >= 11 is 6.67. The van der Waals surface area contributed by atoms with Crippen LogP contribution in [0, 0.1) is 0 Å². The van der Waals surface area contributed by atoms with Gasteiger partial charge in [0.25, 0.3) is 0 Å². The molecule has 0 radical (unpaired) electrons. The van der Waals surface area contributed by atoms with Gasteiger partial charge in [-0.3, -0.25) is 14.4 Å². The number of nitrogens with one attached hydrogen (secondary N) is 3. The molecule has 0 aliphatic carbocycles. The van der Waals surface area contributed by atoms with E-state index in [1.165, 1.54) is 0 Å². The fourth-order valence-electron chi connectivity index (χ4n) is 4.68. The second kappa shape index (κ2) is 18.5. The first kappa shape index (κ1) is 34.3. The molecule has 3 aromatic rings. The number of carbonyl (C=O) groups is 3. The fraction of sp³-hybridized carbons (Fsp3) is 0.364. The van der Waals surface area contributed by atoms with Crippen LogP contribution >= 0.6 is 31.9 Å². The molecule has 3 rings (SSSR count). The smallest absolute Gasteiger partial charge is 0.243 e. The molecule has 0 aliphatic heterocycles. The topological polar surface area (TPSA) is 134 Å². The zero-order chi connectivity index (χ0) is 31.0. The Morgan fingerprint density at radius 1 is 0.744 bits per heavy atom. The van der Waals surface area contributed by atoms with Gasteiger partial charge in [-0.1, -0.05) is 60.7 Å². The van der Waals surface area contributed by atoms with E-state index in [1.54, 1.807) is 12.1 Å². The van der Waals surface area contributed by atoms with Crippen molar-refractivity contribution < 1.29 is 19.5 Å². The van der Waals surface area contributed by atoms with E-state index in [-0.39, 0.29) is 30.4 Å². The number of hydrogen-bond donors (Lipinski definition) is 5. The summed E-state index contributed by atoms with van der Waals surface area (Å²) in [5.74, 6) is -0.932. The molecule has 8 nitrogen and oxygen atoms in total. The van der Waals surface area contributed by atoms with Crippen LogP contribution in [0.3, 0.4) is 0 Å². The van der Waals surface area contributed by atoms with Crippen LogP contribution in [-0.2, 0) is 33.6 Å². The lowest BCUT2D eigenvalue weighted by Gasteiger charge is -2.24. The maximum absolute atomic E-state index is 13.7. The first-order chi connectivity index (χ1) is 20.8. The quantitative estimate of drug-likeness (QED) is 0.126. The number of aromatic hydroxyl groups is 1. The third kappa shape index (κ3) is 12.1. The Hall–Kier alpha value is -3.21. The number of nitrogens with two attached hydrogens (primary N) is 1. The first-order valence-corrected chi connectivity index (χ1v) is 16.2. The molecule has 2 atom stereocenters. The number of rotatable bonds is 17. The van der Waals surface area contributed by atoms with Crippen molar-refractivity contribution in [3.63, 3.8) is 0 Å². The molecule has 0 spiro atoms. The Morgan fingerprint density at radius 2 is 1.35 bits per heavy atom. The van der Waals surface area contributed by atoms with E-state index in [0.29, 0.717) is 53.3 Å². The van der Waals surface area contributed by atoms with Gasteiger partial charge in [0, 0.05) is 19.4 Å². The summed E-state index contributed by atoms with van der Waals surface area (Å²) in [6, 6.07) is 21.5. The monoisotopic (exact) mass is 714 g/mol. The largest absolute Gasteiger partial charge is 0.506 e. The van der Waals surface area contributed by atoms with Crippen molar-refractivity contribution in [2.45, 2.75) is 63.5 Å². The van der Waals surface area contributed by atoms with Crippen molar-refractivity contribution in [1.29, 1.82) is 0 Å². The van der Waals surface area contributed by atoms with E-state index in [4.69, 9.17) is 5.73 Å². The maximum Gasteiger partial charge on any atom is 0.243 e. The molecule has 0 saturated heterocycles. The van der Waals surface area contributed by atoms with Gasteiger partial charge in [-0.25, -0.2) is 0 Å². The summed E-state index contributed by atoms with van der Waals surface area (Å²) in [5.41, 5.74) is 8.64. The number of unbranched alkanes of at least 4 members (excludes halogenated alkanes) is 1. The summed E-state index contributed by atoms with van der Waals surface area (Å²) < 4.78 is 0.922. The Balaban J connectivity index is 1.69. The molecule has 0 unspecified atom stereocenters. The molecular weight excluding hydrogens is 676 g/mol. The normalized spacial score (nSPS) is 12.3. The molecule has 230 valence electrons. The summed E-state index contributed by atoms with van der Waals surface area (Å²) in [7, 11) is 0. The average molecular weight is 717 g/mol. The van der Waals surface area contributed by atoms with E-state index in [2.05, 4.69) is 47.8 Å². The van der Waals surface area contributed by atoms with Gasteiger partial charge in [-0.2, -0.15) is 0 Å². The van der Waals surface area contributed by atoms with Crippen LogP contribution < -0.4 is 21.7 Å². The molecule has 0 aliphatic rings. The number of amides is 3. The first-order valence-electron chi connectivity index (χ1n) is 14.6. The van der Waals surface area contributed by atoms with Crippen molar-refractivity contribution in [2.24, 2.45) is 5.73 Å². The third-order valence-corrected chi connectivity index (χ3v) is 8.22. The maximum atomic E-state index is 13.7. The van der Waals surface area contributed by atoms with Crippen molar-refractivity contribution >= 4 is 49.6 Å². The lowest BCUT2D eigenvalue weighted by atomic mass is 10.0. The second-order valence-electron chi connectivity index (χ2n) is 10.4. The Kier molecular flexibility index (Phi) is 14.7. The van der Waals surface area contributed by atoms with E-state index < -0.39 is 18.0 Å². The van der Waals surface area contributed by atoms with Crippen LogP contribution in [0.15, 0.2) is 81.7 Å². The van der Waals surface area contributed by atoms with Gasteiger partial charge in [-0.05, 0) is 106 Å². The number of benzene rings is 3. The molecule has 0 bridgehead atoms. The second-order valence-corrected chi connectivity index (χ2v) is 12.2. The van der Waals surface area contributed by atoms with Crippen LogP contribution in [0.25, 0.3) is 0 Å². The zero-order valence-corrected chi connectivity index (χ0v) is 27.3. The highest BCUT2D eigenvalue weighted by Gasteiger charge is 2.27. The summed E-state index contributed by atoms with van der Waals surface area (Å²) in [5, 5.41) is 18.9. The predicted octanol–water partition coefficient (Wildman–Crippen LogP) is 4.94. The highest BCUT2D eigenvalue weighted by Crippen LogP contribution is 2.33. The highest BCUT2D eigenvalue weighted by atomic mass is 79.9. The van der Waals surface area contributed by atoms with E-state index in [0.717, 1.165) is 24.0 Å². The summed E-state index contributed by atoms with van der Waals surface area (Å²) in [4.78, 5) is 39.8. The van der Waals surface area contributed by atoms with Crippen molar-refractivity contribution in [2.75, 3.05) is 13.1 Å². The van der Waals surface area contributed by atoms with E-state index in [9.17, 15) is 19.5 Å². The average Bonchev–Trinajstić information content (AvgIpc) is 3.00. The number of phenols is 1. The fourth-order valence-corrected chi connectivity index (χ4v) is 5.96. The minimum atomic E-state index is -0.929. The van der Waals surface area contributed by atoms with E-state index >= 15 is 0 Å². The molecule has 0 aromatic heterocycles. The highest BCUT2D eigenvalue weighted by molar-refractivity contribution is 9.11. The van der Waals surface area contributed by atoms with Crippen molar-refractivity contribution in [1.82, 2.24) is 16.0 Å². The van der Waals surface area contributed by atoms with Crippen LogP contribution in [0.5, 0.6) is 5.75 Å². The molecule has 43 heavy (non-hydrogen) atoms. The lowest BCUT2D eigenvalue weighted by Crippen LogP contribution is -2.54. The Morgan fingerprint density at radius 3 is 1.95 bits per heavy atom. The molecule has 10 heteroatoms. The summed E-state index contributed by atoms with van der Waals surface area (Å²) in [6.45, 7) is 0.922. The Bertz CT molecular complexity index is 1300. The van der Waals surface area contributed by atoms with Crippen LogP contribution in [-0.4, -0.2) is 48.0 Å². The number of phenolic OH excluding ortho intramolecular Hbond substituents is 1. The third-order valence-electron chi connectivity index (χ3n) is 7.02. The van der Waals surface area contributed by atoms with Gasteiger partial charge < -0.3 is 26.8 Å². The number of halogens is 2. The Labute approximate surface area is 270 Å². The molecule has 0 fully saturated rings. The molecular formula is C33H40Br2N4O4. The van der Waals surface area contributed by atoms with Gasteiger partial charge in [0.2, 0.25) is 17.7 Å². The molecule has 6 N–H and O–H groups in total. The number of aryl methyl sites for hydroxylation is 1. The SMILES string of the molecule is NCCCC[C@H](NC(=O)[C@@H](Cc1cc(Br)c(O)c(Br)c1)NC(=O)CCCc1ccccc1)C(=O)NCCc1ccccc1. The van der Waals surface area contributed by atoms with Crippen LogP contribution in [0.2, 0.25) is 0 Å². The summed E-state index contributed by atoms with van der Waals surface area (Å²) in [6.07, 6.45) is 4.28. The van der Waals surface area contributed by atoms with Gasteiger partial charge >= 0.3 is 0 Å². The molecule has 3 amide bonds. The van der Waals surface area contributed by atoms with E-state index in [1.807, 2.05) is 60.7 Å². The van der Waals surface area contributed by atoms with Gasteiger partial charge in [0.05, 0.1) is 8.95 Å².